The molecule has 0 bridgehead atoms. The van der Waals surface area contributed by atoms with Gasteiger partial charge in [0.2, 0.25) is 15.9 Å². The van der Waals surface area contributed by atoms with Crippen LogP contribution in [0.15, 0.2) is 51.8 Å². The molecule has 1 N–H and O–H groups in total. The number of carbonyl (C=O) groups is 1. The zero-order valence-corrected chi connectivity index (χ0v) is 18.8. The molecule has 5 nitrogen and oxygen atoms in total. The van der Waals surface area contributed by atoms with Crippen molar-refractivity contribution in [3.63, 3.8) is 0 Å². The number of rotatable bonds is 5. The Hall–Kier alpha value is -1.12. The molecular formula is C19H19BrCl2N2O3S. The van der Waals surface area contributed by atoms with Crippen molar-refractivity contribution in [1.82, 2.24) is 9.62 Å². The highest BCUT2D eigenvalue weighted by molar-refractivity contribution is 9.10. The molecule has 0 aromatic heterocycles. The van der Waals surface area contributed by atoms with Gasteiger partial charge in [-0.3, -0.25) is 4.79 Å². The third-order valence-electron chi connectivity index (χ3n) is 4.75. The Labute approximate surface area is 183 Å². The van der Waals surface area contributed by atoms with E-state index in [2.05, 4.69) is 21.2 Å². The van der Waals surface area contributed by atoms with Crippen LogP contribution < -0.4 is 5.32 Å². The fourth-order valence-electron chi connectivity index (χ4n) is 3.14. The van der Waals surface area contributed by atoms with Gasteiger partial charge in [0.25, 0.3) is 0 Å². The zero-order valence-electron chi connectivity index (χ0n) is 14.9. The minimum absolute atomic E-state index is 0.0936. The van der Waals surface area contributed by atoms with Crippen molar-refractivity contribution in [2.45, 2.75) is 24.3 Å². The highest BCUT2D eigenvalue weighted by Crippen LogP contribution is 2.28. The van der Waals surface area contributed by atoms with E-state index in [1.54, 1.807) is 42.5 Å². The van der Waals surface area contributed by atoms with E-state index in [0.29, 0.717) is 47.0 Å². The van der Waals surface area contributed by atoms with Crippen LogP contribution in [-0.2, 0) is 21.4 Å². The molecule has 1 saturated heterocycles. The summed E-state index contributed by atoms with van der Waals surface area (Å²) < 4.78 is 27.6. The first-order chi connectivity index (χ1) is 13.3. The van der Waals surface area contributed by atoms with Crippen molar-refractivity contribution in [3.8, 4) is 0 Å². The second-order valence-corrected chi connectivity index (χ2v) is 10.2. The van der Waals surface area contributed by atoms with E-state index < -0.39 is 10.0 Å². The summed E-state index contributed by atoms with van der Waals surface area (Å²) in [5.41, 5.74) is 0.786. The lowest BCUT2D eigenvalue weighted by Gasteiger charge is -2.30. The van der Waals surface area contributed by atoms with Gasteiger partial charge in [0.1, 0.15) is 0 Å². The molecule has 0 saturated carbocycles. The van der Waals surface area contributed by atoms with Gasteiger partial charge in [-0.05, 0) is 58.6 Å². The third kappa shape index (κ3) is 4.89. The fourth-order valence-corrected chi connectivity index (χ4v) is 6.05. The molecule has 2 aromatic carbocycles. The van der Waals surface area contributed by atoms with Crippen molar-refractivity contribution in [2.24, 2.45) is 5.92 Å². The maximum absolute atomic E-state index is 12.8. The average molecular weight is 506 g/mol. The molecule has 0 aliphatic carbocycles. The summed E-state index contributed by atoms with van der Waals surface area (Å²) in [6, 6.07) is 11.9. The minimum Gasteiger partial charge on any atom is -0.352 e. The average Bonchev–Trinajstić information content (AvgIpc) is 2.67. The monoisotopic (exact) mass is 504 g/mol. The van der Waals surface area contributed by atoms with E-state index in [9.17, 15) is 13.2 Å². The van der Waals surface area contributed by atoms with Crippen LogP contribution in [0.2, 0.25) is 10.0 Å². The molecule has 9 heteroatoms. The third-order valence-corrected chi connectivity index (χ3v) is 8.25. The summed E-state index contributed by atoms with van der Waals surface area (Å²) >= 11 is 15.3. The van der Waals surface area contributed by atoms with Crippen molar-refractivity contribution >= 4 is 55.1 Å². The number of nitrogens with zero attached hydrogens (tertiary/aromatic N) is 1. The lowest BCUT2D eigenvalue weighted by molar-refractivity contribution is -0.126. The number of benzene rings is 2. The van der Waals surface area contributed by atoms with E-state index >= 15 is 0 Å². The maximum atomic E-state index is 12.8. The number of hydrogen-bond donors (Lipinski definition) is 1. The second-order valence-electron chi connectivity index (χ2n) is 6.56. The molecule has 0 spiro atoms. The lowest BCUT2D eigenvalue weighted by Crippen LogP contribution is -2.42. The first kappa shape index (κ1) is 21.6. The molecule has 28 heavy (non-hydrogen) atoms. The Kier molecular flexibility index (Phi) is 7.04. The number of amides is 1. The number of halogens is 3. The van der Waals surface area contributed by atoms with Gasteiger partial charge in [0.05, 0.1) is 4.90 Å². The Morgan fingerprint density at radius 3 is 2.46 bits per heavy atom. The Morgan fingerprint density at radius 2 is 1.82 bits per heavy atom. The predicted molar refractivity (Wildman–Crippen MR) is 114 cm³/mol. The summed E-state index contributed by atoms with van der Waals surface area (Å²) in [5.74, 6) is -0.319. The number of carbonyl (C=O) groups excluding carboxylic acids is 1. The molecule has 3 rings (SSSR count). The Balaban J connectivity index is 1.57. The summed E-state index contributed by atoms with van der Waals surface area (Å²) in [5, 5.41) is 3.92. The molecule has 0 radical (unpaired) electrons. The van der Waals surface area contributed by atoms with Gasteiger partial charge in [0.15, 0.2) is 0 Å². The molecule has 0 unspecified atom stereocenters. The van der Waals surface area contributed by atoms with E-state index in [1.165, 1.54) is 4.31 Å². The zero-order chi connectivity index (χ0) is 20.3. The van der Waals surface area contributed by atoms with Gasteiger partial charge in [0, 0.05) is 40.1 Å². The van der Waals surface area contributed by atoms with Gasteiger partial charge in [-0.2, -0.15) is 4.31 Å². The van der Waals surface area contributed by atoms with E-state index in [0.717, 1.165) is 5.56 Å². The molecule has 1 fully saturated rings. The van der Waals surface area contributed by atoms with Crippen LogP contribution in [0.3, 0.4) is 0 Å². The van der Waals surface area contributed by atoms with Crippen LogP contribution in [0.1, 0.15) is 18.4 Å². The number of piperidine rings is 1. The maximum Gasteiger partial charge on any atom is 0.244 e. The SMILES string of the molecule is O=C(NCc1ccc(Cl)cc1Cl)C1CCN(S(=O)(=O)c2ccccc2Br)CC1. The summed E-state index contributed by atoms with van der Waals surface area (Å²) in [7, 11) is -3.58. The van der Waals surface area contributed by atoms with E-state index in [1.807, 2.05) is 0 Å². The molecule has 1 aliphatic rings. The lowest BCUT2D eigenvalue weighted by atomic mass is 9.97. The molecule has 2 aromatic rings. The van der Waals surface area contributed by atoms with Gasteiger partial charge in [-0.15, -0.1) is 0 Å². The van der Waals surface area contributed by atoms with Crippen LogP contribution in [0.25, 0.3) is 0 Å². The number of sulfonamides is 1. The number of hydrogen-bond acceptors (Lipinski definition) is 3. The van der Waals surface area contributed by atoms with Crippen LogP contribution >= 0.6 is 39.1 Å². The molecule has 1 amide bonds. The van der Waals surface area contributed by atoms with Crippen molar-refractivity contribution in [1.29, 1.82) is 0 Å². The Bertz CT molecular complexity index is 977. The molecule has 1 heterocycles. The summed E-state index contributed by atoms with van der Waals surface area (Å²) in [4.78, 5) is 12.7. The highest BCUT2D eigenvalue weighted by atomic mass is 79.9. The van der Waals surface area contributed by atoms with Crippen LogP contribution in [-0.4, -0.2) is 31.7 Å². The smallest absolute Gasteiger partial charge is 0.244 e. The van der Waals surface area contributed by atoms with E-state index in [-0.39, 0.29) is 16.7 Å². The van der Waals surface area contributed by atoms with Crippen molar-refractivity contribution in [3.05, 3.63) is 62.5 Å². The first-order valence-electron chi connectivity index (χ1n) is 8.75. The predicted octanol–water partition coefficient (Wildman–Crippen LogP) is 4.47. The van der Waals surface area contributed by atoms with Crippen LogP contribution in [0.5, 0.6) is 0 Å². The minimum atomic E-state index is -3.58. The van der Waals surface area contributed by atoms with Crippen molar-refractivity contribution < 1.29 is 13.2 Å². The normalized spacial score (nSPS) is 16.1. The number of nitrogens with one attached hydrogen (secondary N) is 1. The molecule has 150 valence electrons. The highest BCUT2D eigenvalue weighted by Gasteiger charge is 2.32. The van der Waals surface area contributed by atoms with Gasteiger partial charge >= 0.3 is 0 Å². The van der Waals surface area contributed by atoms with Crippen LogP contribution in [0, 0.1) is 5.92 Å². The quantitative estimate of drug-likeness (QED) is 0.651. The molecule has 0 atom stereocenters. The van der Waals surface area contributed by atoms with E-state index in [4.69, 9.17) is 23.2 Å². The van der Waals surface area contributed by atoms with Gasteiger partial charge in [-0.25, -0.2) is 8.42 Å². The molecule has 1 aliphatic heterocycles. The molecular weight excluding hydrogens is 487 g/mol. The van der Waals surface area contributed by atoms with Gasteiger partial charge < -0.3 is 5.32 Å². The second kappa shape index (κ2) is 9.13. The topological polar surface area (TPSA) is 66.5 Å². The Morgan fingerprint density at radius 1 is 1.14 bits per heavy atom. The van der Waals surface area contributed by atoms with Gasteiger partial charge in [-0.1, -0.05) is 41.4 Å². The van der Waals surface area contributed by atoms with Crippen molar-refractivity contribution in [2.75, 3.05) is 13.1 Å². The standard InChI is InChI=1S/C19H19BrCl2N2O3S/c20-16-3-1-2-4-18(16)28(26,27)24-9-7-13(8-10-24)19(25)23-12-14-5-6-15(21)11-17(14)22/h1-6,11,13H,7-10,12H2,(H,23,25). The largest absolute Gasteiger partial charge is 0.352 e. The fraction of sp³-hybridized carbons (Fsp3) is 0.316. The summed E-state index contributed by atoms with van der Waals surface area (Å²) in [6.45, 7) is 0.928. The summed E-state index contributed by atoms with van der Waals surface area (Å²) in [6.07, 6.45) is 0.952. The van der Waals surface area contributed by atoms with Crippen LogP contribution in [0.4, 0.5) is 0 Å². The first-order valence-corrected chi connectivity index (χ1v) is 11.7.